The Morgan fingerprint density at radius 1 is 1.38 bits per heavy atom. The second-order valence-corrected chi connectivity index (χ2v) is 5.27. The summed E-state index contributed by atoms with van der Waals surface area (Å²) in [4.78, 5) is 13.7. The van der Waals surface area contributed by atoms with Crippen LogP contribution < -0.4 is 10.6 Å². The van der Waals surface area contributed by atoms with Crippen molar-refractivity contribution in [2.24, 2.45) is 5.73 Å². The van der Waals surface area contributed by atoms with Gasteiger partial charge in [0.2, 0.25) is 0 Å². The van der Waals surface area contributed by atoms with E-state index in [1.54, 1.807) is 26.0 Å². The van der Waals surface area contributed by atoms with Gasteiger partial charge >= 0.3 is 5.97 Å². The molecule has 0 aliphatic heterocycles. The van der Waals surface area contributed by atoms with Gasteiger partial charge in [0, 0.05) is 13.1 Å². The number of ether oxygens (including phenoxy) is 1. The van der Waals surface area contributed by atoms with Crippen molar-refractivity contribution >= 4 is 11.7 Å². The molecular weight excluding hydrogens is 271 g/mol. The first kappa shape index (κ1) is 17.4. The zero-order valence-corrected chi connectivity index (χ0v) is 13.1. The fourth-order valence-electron chi connectivity index (χ4n) is 2.19. The minimum atomic E-state index is -0.995. The topological polar surface area (TPSA) is 55.6 Å². The molecule has 0 fully saturated rings. The van der Waals surface area contributed by atoms with Crippen LogP contribution in [0.2, 0.25) is 0 Å². The summed E-state index contributed by atoms with van der Waals surface area (Å²) in [5, 5.41) is 0. The number of para-hydroxylation sites is 1. The van der Waals surface area contributed by atoms with Gasteiger partial charge in [0.15, 0.2) is 0 Å². The number of rotatable bonds is 8. The standard InChI is InChI=1S/C16H25FN2O2/c1-4-19(14-10-7-6-9-13(14)17)12-8-11-16(3,18)15(20)21-5-2/h6-7,9-10H,4-5,8,11-12,18H2,1-3H3. The summed E-state index contributed by atoms with van der Waals surface area (Å²) < 4.78 is 18.7. The Hall–Kier alpha value is -1.62. The summed E-state index contributed by atoms with van der Waals surface area (Å²) in [5.74, 6) is -0.626. The van der Waals surface area contributed by atoms with Crippen LogP contribution in [0.5, 0.6) is 0 Å². The summed E-state index contributed by atoms with van der Waals surface area (Å²) in [6.07, 6.45) is 1.19. The molecule has 0 aliphatic carbocycles. The van der Waals surface area contributed by atoms with E-state index in [2.05, 4.69) is 0 Å². The van der Waals surface area contributed by atoms with Crippen LogP contribution in [-0.2, 0) is 9.53 Å². The lowest BCUT2D eigenvalue weighted by atomic mass is 9.97. The molecule has 0 saturated carbocycles. The van der Waals surface area contributed by atoms with Crippen LogP contribution in [0.3, 0.4) is 0 Å². The molecule has 1 rings (SSSR count). The first-order valence-electron chi connectivity index (χ1n) is 7.38. The van der Waals surface area contributed by atoms with Crippen molar-refractivity contribution in [3.63, 3.8) is 0 Å². The van der Waals surface area contributed by atoms with Crippen LogP contribution in [0.15, 0.2) is 24.3 Å². The Morgan fingerprint density at radius 2 is 2.05 bits per heavy atom. The maximum atomic E-state index is 13.8. The molecule has 0 aromatic heterocycles. The van der Waals surface area contributed by atoms with Crippen molar-refractivity contribution in [3.8, 4) is 0 Å². The van der Waals surface area contributed by atoms with Crippen molar-refractivity contribution in [1.29, 1.82) is 0 Å². The van der Waals surface area contributed by atoms with Crippen molar-refractivity contribution in [2.45, 2.75) is 39.2 Å². The zero-order chi connectivity index (χ0) is 15.9. The van der Waals surface area contributed by atoms with Gasteiger partial charge in [-0.25, -0.2) is 4.39 Å². The van der Waals surface area contributed by atoms with Crippen LogP contribution in [0, 0.1) is 5.82 Å². The van der Waals surface area contributed by atoms with E-state index in [9.17, 15) is 9.18 Å². The van der Waals surface area contributed by atoms with Crippen molar-refractivity contribution in [1.82, 2.24) is 0 Å². The number of hydrogen-bond acceptors (Lipinski definition) is 4. The highest BCUT2D eigenvalue weighted by Crippen LogP contribution is 2.20. The highest BCUT2D eigenvalue weighted by Gasteiger charge is 2.29. The highest BCUT2D eigenvalue weighted by atomic mass is 19.1. The van der Waals surface area contributed by atoms with Gasteiger partial charge in [0.25, 0.3) is 0 Å². The number of halogens is 1. The summed E-state index contributed by atoms with van der Waals surface area (Å²) in [7, 11) is 0. The SMILES string of the molecule is CCOC(=O)C(C)(N)CCCN(CC)c1ccccc1F. The van der Waals surface area contributed by atoms with E-state index in [0.717, 1.165) is 0 Å². The van der Waals surface area contributed by atoms with Crippen molar-refractivity contribution in [3.05, 3.63) is 30.1 Å². The Balaban J connectivity index is 2.57. The van der Waals surface area contributed by atoms with E-state index in [0.29, 0.717) is 38.2 Å². The lowest BCUT2D eigenvalue weighted by Crippen LogP contribution is -2.46. The lowest BCUT2D eigenvalue weighted by molar-refractivity contribution is -0.149. The molecule has 0 saturated heterocycles. The third-order valence-corrected chi connectivity index (χ3v) is 3.44. The summed E-state index contributed by atoms with van der Waals surface area (Å²) in [6, 6.07) is 6.69. The highest BCUT2D eigenvalue weighted by molar-refractivity contribution is 5.79. The Morgan fingerprint density at radius 3 is 2.62 bits per heavy atom. The van der Waals surface area contributed by atoms with Gasteiger partial charge in [0.05, 0.1) is 12.3 Å². The molecule has 0 heterocycles. The predicted octanol–water partition coefficient (Wildman–Crippen LogP) is 2.71. The molecular formula is C16H25FN2O2. The van der Waals surface area contributed by atoms with E-state index in [4.69, 9.17) is 10.5 Å². The average molecular weight is 296 g/mol. The minimum Gasteiger partial charge on any atom is -0.465 e. The number of nitrogens with zero attached hydrogens (tertiary/aromatic N) is 1. The molecule has 118 valence electrons. The van der Waals surface area contributed by atoms with Gasteiger partial charge in [-0.05, 0) is 45.7 Å². The number of carbonyl (C=O) groups excluding carboxylic acids is 1. The van der Waals surface area contributed by atoms with E-state index in [1.807, 2.05) is 17.9 Å². The quantitative estimate of drug-likeness (QED) is 0.749. The monoisotopic (exact) mass is 296 g/mol. The smallest absolute Gasteiger partial charge is 0.325 e. The van der Waals surface area contributed by atoms with Gasteiger partial charge in [0.1, 0.15) is 11.4 Å². The van der Waals surface area contributed by atoms with Crippen LogP contribution in [0.25, 0.3) is 0 Å². The average Bonchev–Trinajstić information content (AvgIpc) is 2.45. The number of esters is 1. The molecule has 0 spiro atoms. The maximum absolute atomic E-state index is 13.8. The Bertz CT molecular complexity index is 463. The Labute approximate surface area is 126 Å². The van der Waals surface area contributed by atoms with E-state index in [-0.39, 0.29) is 11.8 Å². The molecule has 21 heavy (non-hydrogen) atoms. The zero-order valence-electron chi connectivity index (χ0n) is 13.1. The number of nitrogens with two attached hydrogens (primary N) is 1. The number of hydrogen-bond donors (Lipinski definition) is 1. The van der Waals surface area contributed by atoms with Crippen LogP contribution >= 0.6 is 0 Å². The molecule has 4 nitrogen and oxygen atoms in total. The molecule has 0 bridgehead atoms. The van der Waals surface area contributed by atoms with E-state index in [1.165, 1.54) is 6.07 Å². The lowest BCUT2D eigenvalue weighted by Gasteiger charge is -2.26. The van der Waals surface area contributed by atoms with Crippen molar-refractivity contribution in [2.75, 3.05) is 24.6 Å². The summed E-state index contributed by atoms with van der Waals surface area (Å²) in [6.45, 7) is 7.06. The molecule has 1 unspecified atom stereocenters. The predicted molar refractivity (Wildman–Crippen MR) is 82.7 cm³/mol. The Kier molecular flexibility index (Phi) is 6.62. The molecule has 2 N–H and O–H groups in total. The van der Waals surface area contributed by atoms with E-state index < -0.39 is 5.54 Å². The fourth-order valence-corrected chi connectivity index (χ4v) is 2.19. The van der Waals surface area contributed by atoms with Gasteiger partial charge in [-0.3, -0.25) is 4.79 Å². The third-order valence-electron chi connectivity index (χ3n) is 3.44. The minimum absolute atomic E-state index is 0.236. The molecule has 1 atom stereocenters. The van der Waals surface area contributed by atoms with E-state index >= 15 is 0 Å². The van der Waals surface area contributed by atoms with Crippen LogP contribution in [0.4, 0.5) is 10.1 Å². The number of anilines is 1. The third kappa shape index (κ3) is 5.01. The van der Waals surface area contributed by atoms with Crippen LogP contribution in [0.1, 0.15) is 33.6 Å². The number of carbonyl (C=O) groups is 1. The fraction of sp³-hybridized carbons (Fsp3) is 0.562. The first-order valence-corrected chi connectivity index (χ1v) is 7.38. The van der Waals surface area contributed by atoms with Gasteiger partial charge in [-0.1, -0.05) is 12.1 Å². The molecule has 0 amide bonds. The van der Waals surface area contributed by atoms with Gasteiger partial charge < -0.3 is 15.4 Å². The van der Waals surface area contributed by atoms with Gasteiger partial charge in [-0.15, -0.1) is 0 Å². The first-order chi connectivity index (χ1) is 9.92. The van der Waals surface area contributed by atoms with Crippen molar-refractivity contribution < 1.29 is 13.9 Å². The normalized spacial score (nSPS) is 13.6. The second kappa shape index (κ2) is 7.98. The van der Waals surface area contributed by atoms with Crippen LogP contribution in [-0.4, -0.2) is 31.2 Å². The molecule has 0 radical (unpaired) electrons. The molecule has 0 aliphatic rings. The second-order valence-electron chi connectivity index (χ2n) is 5.27. The summed E-state index contributed by atoms with van der Waals surface area (Å²) in [5.41, 5.74) is 5.56. The largest absolute Gasteiger partial charge is 0.465 e. The van der Waals surface area contributed by atoms with Gasteiger partial charge in [-0.2, -0.15) is 0 Å². The number of benzene rings is 1. The molecule has 1 aromatic rings. The molecule has 1 aromatic carbocycles. The molecule has 5 heteroatoms. The maximum Gasteiger partial charge on any atom is 0.325 e. The summed E-state index contributed by atoms with van der Waals surface area (Å²) >= 11 is 0.